The number of carbonyl (C=O) groups is 2. The third kappa shape index (κ3) is 6.66. The number of nitrogens with one attached hydrogen (secondary N) is 3. The number of phenolic OH excluding ortho intramolecular Hbond substituents is 1. The first-order chi connectivity index (χ1) is 16.4. The number of aromatic hydroxyl groups is 1. The molecule has 2 aromatic rings. The van der Waals surface area contributed by atoms with Gasteiger partial charge in [-0.3, -0.25) is 9.59 Å². The number of likely N-dealkylation sites (tertiary alicyclic amines) is 1. The van der Waals surface area contributed by atoms with Crippen LogP contribution < -0.4 is 16.0 Å². The zero-order valence-corrected chi connectivity index (χ0v) is 19.8. The van der Waals surface area contributed by atoms with Gasteiger partial charge >= 0.3 is 0 Å². The predicted molar refractivity (Wildman–Crippen MR) is 134 cm³/mol. The number of aliphatic hydroxyl groups is 1. The molecule has 1 fully saturated rings. The van der Waals surface area contributed by atoms with Gasteiger partial charge in [0.25, 0.3) is 5.91 Å². The van der Waals surface area contributed by atoms with Gasteiger partial charge in [0, 0.05) is 43.9 Å². The molecule has 1 amide bonds. The molecule has 2 aromatic carbocycles. The fourth-order valence-corrected chi connectivity index (χ4v) is 4.28. The number of likely N-dealkylation sites (N-methyl/N-ethyl adjacent to an activating group) is 1. The van der Waals surface area contributed by atoms with E-state index in [4.69, 9.17) is 0 Å². The van der Waals surface area contributed by atoms with Gasteiger partial charge in [-0.05, 0) is 67.9 Å². The van der Waals surface area contributed by atoms with E-state index >= 15 is 0 Å². The second-order valence-corrected chi connectivity index (χ2v) is 8.63. The number of benzene rings is 2. The number of piperidine rings is 1. The highest BCUT2D eigenvalue weighted by Crippen LogP contribution is 2.33. The van der Waals surface area contributed by atoms with Crippen LogP contribution in [0.5, 0.6) is 5.75 Å². The quantitative estimate of drug-likeness (QED) is 0.207. The van der Waals surface area contributed by atoms with Crippen molar-refractivity contribution in [3.63, 3.8) is 0 Å². The molecule has 1 aliphatic heterocycles. The van der Waals surface area contributed by atoms with Crippen molar-refractivity contribution in [2.24, 2.45) is 0 Å². The van der Waals surface area contributed by atoms with Gasteiger partial charge in [0.05, 0.1) is 11.8 Å². The van der Waals surface area contributed by atoms with Gasteiger partial charge in [-0.1, -0.05) is 18.2 Å². The summed E-state index contributed by atoms with van der Waals surface area (Å²) in [6.07, 6.45) is 4.78. The zero-order chi connectivity index (χ0) is 24.5. The predicted octanol–water partition coefficient (Wildman–Crippen LogP) is 2.29. The minimum atomic E-state index is -0.849. The molecule has 0 radical (unpaired) electrons. The van der Waals surface area contributed by atoms with Crippen LogP contribution in [-0.2, 0) is 11.3 Å². The van der Waals surface area contributed by atoms with Gasteiger partial charge in [-0.2, -0.15) is 0 Å². The Hall–Kier alpha value is -3.20. The Bertz CT molecular complexity index is 1010. The number of rotatable bonds is 10. The van der Waals surface area contributed by atoms with Gasteiger partial charge < -0.3 is 31.1 Å². The monoisotopic (exact) mass is 466 g/mol. The van der Waals surface area contributed by atoms with E-state index in [0.29, 0.717) is 35.2 Å². The maximum atomic E-state index is 12.5. The van der Waals surface area contributed by atoms with Crippen LogP contribution in [0, 0.1) is 0 Å². The Morgan fingerprint density at radius 2 is 2.00 bits per heavy atom. The number of phenols is 1. The number of hydrogen-bond donors (Lipinski definition) is 5. The van der Waals surface area contributed by atoms with E-state index in [2.05, 4.69) is 27.9 Å². The van der Waals surface area contributed by atoms with E-state index in [1.807, 2.05) is 24.3 Å². The number of allylic oxidation sites excluding steroid dienone is 1. The second-order valence-electron chi connectivity index (χ2n) is 8.63. The van der Waals surface area contributed by atoms with Crippen LogP contribution in [0.25, 0.3) is 6.08 Å². The Labute approximate surface area is 200 Å². The number of aldehydes is 1. The van der Waals surface area contributed by atoms with E-state index in [1.165, 1.54) is 12.1 Å². The summed E-state index contributed by atoms with van der Waals surface area (Å²) < 4.78 is 0. The Balaban J connectivity index is 1.56. The molecule has 5 N–H and O–H groups in total. The normalized spacial score (nSPS) is 17.4. The maximum absolute atomic E-state index is 12.5. The van der Waals surface area contributed by atoms with Gasteiger partial charge in [-0.25, -0.2) is 0 Å². The fraction of sp³-hybridized carbons (Fsp3) is 0.385. The lowest BCUT2D eigenvalue weighted by atomic mass is 9.99. The van der Waals surface area contributed by atoms with Crippen LogP contribution in [0.15, 0.2) is 42.5 Å². The number of anilines is 1. The smallest absolute Gasteiger partial charge is 0.251 e. The first-order valence-electron chi connectivity index (χ1n) is 11.6. The van der Waals surface area contributed by atoms with E-state index in [0.717, 1.165) is 31.5 Å². The van der Waals surface area contributed by atoms with Gasteiger partial charge in [0.2, 0.25) is 0 Å². The average molecular weight is 467 g/mol. The highest BCUT2D eigenvalue weighted by Gasteiger charge is 2.20. The van der Waals surface area contributed by atoms with Crippen LogP contribution in [-0.4, -0.2) is 67.1 Å². The third-order valence-electron chi connectivity index (χ3n) is 6.05. The number of carbonyl (C=O) groups excluding carboxylic acids is 2. The Kier molecular flexibility index (Phi) is 9.21. The van der Waals surface area contributed by atoms with Gasteiger partial charge in [0.15, 0.2) is 0 Å². The van der Waals surface area contributed by atoms with Crippen molar-refractivity contribution in [1.82, 2.24) is 15.5 Å². The molecule has 1 saturated heterocycles. The summed E-state index contributed by atoms with van der Waals surface area (Å²) >= 11 is 0. The summed E-state index contributed by atoms with van der Waals surface area (Å²) in [5.74, 6) is -0.0181. The first-order valence-corrected chi connectivity index (χ1v) is 11.6. The summed E-state index contributed by atoms with van der Waals surface area (Å²) in [4.78, 5) is 25.6. The van der Waals surface area contributed by atoms with E-state index < -0.39 is 6.10 Å². The molecule has 1 heterocycles. The van der Waals surface area contributed by atoms with E-state index in [-0.39, 0.29) is 24.2 Å². The number of amides is 1. The molecule has 182 valence electrons. The molecule has 0 aliphatic carbocycles. The maximum Gasteiger partial charge on any atom is 0.251 e. The number of nitrogens with zero attached hydrogens (tertiary/aromatic N) is 1. The van der Waals surface area contributed by atoms with Gasteiger partial charge in [0.1, 0.15) is 12.0 Å². The number of hydrogen-bond acceptors (Lipinski definition) is 7. The minimum absolute atomic E-state index is 0.0385. The summed E-state index contributed by atoms with van der Waals surface area (Å²) in [6, 6.07) is 10.8. The SMILES string of the molecule is CNc1c(O)ccc(C(O)CNCc2ccc(C(=O)NC3CCCN(C)C3)cc2)c1/C=C\C=O. The largest absolute Gasteiger partial charge is 0.506 e. The van der Waals surface area contributed by atoms with Crippen LogP contribution in [0.1, 0.15) is 46.0 Å². The standard InChI is InChI=1S/C26H34N4O4/c1-27-25-22(6-4-14-31)21(11-12-23(25)32)24(33)16-28-15-18-7-9-19(10-8-18)26(34)29-20-5-3-13-30(2)17-20/h4,6-12,14,20,24,27-28,32-33H,3,5,13,15-17H2,1-2H3,(H,29,34)/b6-4-. The van der Waals surface area contributed by atoms with Crippen molar-refractivity contribution >= 4 is 24.0 Å². The minimum Gasteiger partial charge on any atom is -0.506 e. The summed E-state index contributed by atoms with van der Waals surface area (Å²) in [5.41, 5.74) is 3.22. The molecule has 8 nitrogen and oxygen atoms in total. The molecule has 34 heavy (non-hydrogen) atoms. The first kappa shape index (κ1) is 25.4. The second kappa shape index (κ2) is 12.3. The van der Waals surface area contributed by atoms with E-state index in [1.54, 1.807) is 19.2 Å². The third-order valence-corrected chi connectivity index (χ3v) is 6.05. The van der Waals surface area contributed by atoms with E-state index in [9.17, 15) is 19.8 Å². The zero-order valence-electron chi connectivity index (χ0n) is 19.8. The fourth-order valence-electron chi connectivity index (χ4n) is 4.28. The van der Waals surface area contributed by atoms with Crippen molar-refractivity contribution in [2.45, 2.75) is 31.5 Å². The molecule has 8 heteroatoms. The molecule has 0 bridgehead atoms. The van der Waals surface area contributed by atoms with Crippen molar-refractivity contribution in [3.8, 4) is 5.75 Å². The molecular formula is C26H34N4O4. The van der Waals surface area contributed by atoms with Gasteiger partial charge in [-0.15, -0.1) is 0 Å². The lowest BCUT2D eigenvalue weighted by molar-refractivity contribution is -0.104. The molecule has 2 atom stereocenters. The topological polar surface area (TPSA) is 114 Å². The summed E-state index contributed by atoms with van der Waals surface area (Å²) in [6.45, 7) is 2.73. The van der Waals surface area contributed by atoms with Crippen molar-refractivity contribution in [3.05, 3.63) is 64.7 Å². The molecule has 0 saturated carbocycles. The van der Waals surface area contributed by atoms with Crippen molar-refractivity contribution < 1.29 is 19.8 Å². The average Bonchev–Trinajstić information content (AvgIpc) is 2.83. The van der Waals surface area contributed by atoms with Crippen molar-refractivity contribution in [2.75, 3.05) is 39.0 Å². The van der Waals surface area contributed by atoms with Crippen LogP contribution in [0.2, 0.25) is 0 Å². The molecule has 1 aliphatic rings. The Morgan fingerprint density at radius 1 is 1.24 bits per heavy atom. The van der Waals surface area contributed by atoms with Crippen LogP contribution in [0.4, 0.5) is 5.69 Å². The number of aliphatic hydroxyl groups excluding tert-OH is 1. The molecule has 2 unspecified atom stereocenters. The molecule has 0 spiro atoms. The highest BCUT2D eigenvalue weighted by atomic mass is 16.3. The Morgan fingerprint density at radius 3 is 2.68 bits per heavy atom. The van der Waals surface area contributed by atoms with Crippen LogP contribution >= 0.6 is 0 Å². The molecular weight excluding hydrogens is 432 g/mol. The lowest BCUT2D eigenvalue weighted by Gasteiger charge is -2.30. The molecule has 0 aromatic heterocycles. The summed E-state index contributed by atoms with van der Waals surface area (Å²) in [7, 11) is 3.74. The van der Waals surface area contributed by atoms with Crippen LogP contribution in [0.3, 0.4) is 0 Å². The lowest BCUT2D eigenvalue weighted by Crippen LogP contribution is -2.46. The highest BCUT2D eigenvalue weighted by molar-refractivity contribution is 5.94. The molecule has 3 rings (SSSR count). The van der Waals surface area contributed by atoms with Crippen molar-refractivity contribution in [1.29, 1.82) is 0 Å². The summed E-state index contributed by atoms with van der Waals surface area (Å²) in [5, 5.41) is 30.0.